The number of nitrogens with zero attached hydrogens (tertiary/aromatic N) is 2. The van der Waals surface area contributed by atoms with Crippen molar-refractivity contribution in [1.82, 2.24) is 9.47 Å². The predicted octanol–water partition coefficient (Wildman–Crippen LogP) is 4.31. The second-order valence-corrected chi connectivity index (χ2v) is 10.5. The number of rotatable bonds is 4. The van der Waals surface area contributed by atoms with Crippen molar-refractivity contribution in [3.63, 3.8) is 0 Å². The second kappa shape index (κ2) is 7.08. The molecule has 0 atom stereocenters. The van der Waals surface area contributed by atoms with Gasteiger partial charge in [-0.25, -0.2) is 4.39 Å². The third kappa shape index (κ3) is 3.25. The van der Waals surface area contributed by atoms with Gasteiger partial charge in [-0.1, -0.05) is 11.3 Å². The quantitative estimate of drug-likeness (QED) is 0.748. The van der Waals surface area contributed by atoms with Gasteiger partial charge in [0.05, 0.1) is 5.69 Å². The van der Waals surface area contributed by atoms with Crippen LogP contribution in [0.5, 0.6) is 0 Å². The van der Waals surface area contributed by atoms with E-state index in [1.807, 2.05) is 18.9 Å². The molecule has 6 rings (SSSR count). The lowest BCUT2D eigenvalue weighted by Gasteiger charge is -2.56. The van der Waals surface area contributed by atoms with E-state index >= 15 is 0 Å². The molecule has 1 aromatic carbocycles. The lowest BCUT2D eigenvalue weighted by atomic mass is 9.54. The number of aromatic nitrogens is 1. The van der Waals surface area contributed by atoms with Crippen molar-refractivity contribution in [1.29, 1.82) is 0 Å². The standard InChI is InChI=1S/C23H27FN2O2S/c1-13-21(16-3-5-19(24)6-4-16)26(23(28)29-13)12-20(27)25(2)22-17-8-14-7-15(10-17)11-18(22)9-14/h3-6,14-15,17-18,22H,7-12H2,1-2H3. The molecule has 4 fully saturated rings. The van der Waals surface area contributed by atoms with E-state index in [0.29, 0.717) is 17.9 Å². The van der Waals surface area contributed by atoms with E-state index in [9.17, 15) is 14.0 Å². The molecule has 4 aliphatic carbocycles. The Labute approximate surface area is 174 Å². The summed E-state index contributed by atoms with van der Waals surface area (Å²) in [5, 5.41) is 0. The van der Waals surface area contributed by atoms with Crippen LogP contribution in [0.4, 0.5) is 4.39 Å². The van der Waals surface area contributed by atoms with Crippen LogP contribution in [0.1, 0.15) is 37.0 Å². The molecule has 0 aliphatic heterocycles. The molecular weight excluding hydrogens is 387 g/mol. The average molecular weight is 415 g/mol. The van der Waals surface area contributed by atoms with Gasteiger partial charge in [-0.2, -0.15) is 0 Å². The fraction of sp³-hybridized carbons (Fsp3) is 0.565. The van der Waals surface area contributed by atoms with Crippen molar-refractivity contribution < 1.29 is 9.18 Å². The van der Waals surface area contributed by atoms with Gasteiger partial charge in [0.1, 0.15) is 12.4 Å². The highest BCUT2D eigenvalue weighted by Gasteiger charge is 2.50. The van der Waals surface area contributed by atoms with Gasteiger partial charge in [-0.3, -0.25) is 14.2 Å². The SMILES string of the molecule is Cc1sc(=O)n(CC(=O)N(C)C2C3CC4CC(C3)CC2C4)c1-c1ccc(F)cc1. The minimum Gasteiger partial charge on any atom is -0.341 e. The van der Waals surface area contributed by atoms with Gasteiger partial charge in [-0.05, 0) is 92.5 Å². The van der Waals surface area contributed by atoms with Gasteiger partial charge in [0.15, 0.2) is 0 Å². The van der Waals surface area contributed by atoms with Crippen LogP contribution in [0.2, 0.25) is 0 Å². The Balaban J connectivity index is 1.40. The van der Waals surface area contributed by atoms with Gasteiger partial charge in [0.25, 0.3) is 0 Å². The number of aryl methyl sites for hydroxylation is 1. The summed E-state index contributed by atoms with van der Waals surface area (Å²) in [6.45, 7) is 1.93. The van der Waals surface area contributed by atoms with Crippen LogP contribution in [0, 0.1) is 36.4 Å². The van der Waals surface area contributed by atoms with Crippen molar-refractivity contribution in [2.45, 2.75) is 51.6 Å². The Morgan fingerprint density at radius 1 is 1.10 bits per heavy atom. The van der Waals surface area contributed by atoms with E-state index in [-0.39, 0.29) is 23.1 Å². The number of halogens is 1. The Morgan fingerprint density at radius 3 is 2.28 bits per heavy atom. The van der Waals surface area contributed by atoms with Crippen LogP contribution in [0.3, 0.4) is 0 Å². The molecule has 154 valence electrons. The zero-order chi connectivity index (χ0) is 20.3. The normalized spacial score (nSPS) is 30.0. The highest BCUT2D eigenvalue weighted by Crippen LogP contribution is 2.55. The first-order valence-electron chi connectivity index (χ1n) is 10.6. The number of carbonyl (C=O) groups excluding carboxylic acids is 1. The van der Waals surface area contributed by atoms with Gasteiger partial charge in [0.2, 0.25) is 5.91 Å². The highest BCUT2D eigenvalue weighted by atomic mass is 32.1. The van der Waals surface area contributed by atoms with Crippen LogP contribution in [-0.4, -0.2) is 28.5 Å². The maximum atomic E-state index is 13.3. The molecule has 29 heavy (non-hydrogen) atoms. The van der Waals surface area contributed by atoms with Crippen LogP contribution in [0.15, 0.2) is 29.1 Å². The first-order valence-corrected chi connectivity index (χ1v) is 11.4. The molecule has 6 heteroatoms. The molecule has 2 aromatic rings. The van der Waals surface area contributed by atoms with Crippen molar-refractivity contribution in [2.75, 3.05) is 7.05 Å². The number of hydrogen-bond acceptors (Lipinski definition) is 3. The number of hydrogen-bond donors (Lipinski definition) is 0. The fourth-order valence-corrected chi connectivity index (χ4v) is 7.42. The molecule has 4 nitrogen and oxygen atoms in total. The van der Waals surface area contributed by atoms with Crippen molar-refractivity contribution in [3.8, 4) is 11.3 Å². The molecule has 0 saturated heterocycles. The van der Waals surface area contributed by atoms with E-state index < -0.39 is 0 Å². The Kier molecular flexibility index (Phi) is 4.65. The molecule has 0 N–H and O–H groups in total. The molecule has 4 saturated carbocycles. The summed E-state index contributed by atoms with van der Waals surface area (Å²) in [5.41, 5.74) is 1.50. The van der Waals surface area contributed by atoms with E-state index in [1.165, 1.54) is 44.2 Å². The monoisotopic (exact) mass is 414 g/mol. The zero-order valence-corrected chi connectivity index (χ0v) is 17.8. The third-order valence-electron chi connectivity index (χ3n) is 7.49. The molecule has 0 unspecified atom stereocenters. The molecule has 0 spiro atoms. The van der Waals surface area contributed by atoms with E-state index in [0.717, 1.165) is 39.3 Å². The molecule has 1 amide bonds. The largest absolute Gasteiger partial charge is 0.341 e. The van der Waals surface area contributed by atoms with Gasteiger partial charge in [-0.15, -0.1) is 0 Å². The maximum Gasteiger partial charge on any atom is 0.308 e. The summed E-state index contributed by atoms with van der Waals surface area (Å²) in [4.78, 5) is 28.5. The second-order valence-electron chi connectivity index (χ2n) is 9.29. The topological polar surface area (TPSA) is 42.3 Å². The van der Waals surface area contributed by atoms with Crippen LogP contribution >= 0.6 is 11.3 Å². The Morgan fingerprint density at radius 2 is 1.69 bits per heavy atom. The third-order valence-corrected chi connectivity index (χ3v) is 8.39. The zero-order valence-electron chi connectivity index (χ0n) is 16.9. The van der Waals surface area contributed by atoms with Crippen LogP contribution < -0.4 is 4.87 Å². The van der Waals surface area contributed by atoms with Crippen molar-refractivity contribution in [3.05, 3.63) is 44.6 Å². The number of benzene rings is 1. The Bertz CT molecular complexity index is 965. The van der Waals surface area contributed by atoms with E-state index in [4.69, 9.17) is 0 Å². The summed E-state index contributed by atoms with van der Waals surface area (Å²) in [6.07, 6.45) is 6.42. The molecule has 4 bridgehead atoms. The first-order chi connectivity index (χ1) is 13.9. The summed E-state index contributed by atoms with van der Waals surface area (Å²) in [7, 11) is 1.93. The molecular formula is C23H27FN2O2S. The number of amides is 1. The van der Waals surface area contributed by atoms with E-state index in [2.05, 4.69) is 0 Å². The first kappa shape index (κ1) is 19.0. The van der Waals surface area contributed by atoms with Gasteiger partial charge in [0, 0.05) is 18.0 Å². The van der Waals surface area contributed by atoms with E-state index in [1.54, 1.807) is 16.7 Å². The average Bonchev–Trinajstić information content (AvgIpc) is 2.94. The molecule has 0 radical (unpaired) electrons. The number of carbonyl (C=O) groups is 1. The van der Waals surface area contributed by atoms with Crippen LogP contribution in [-0.2, 0) is 11.3 Å². The number of likely N-dealkylation sites (N-methyl/N-ethyl adjacent to an activating group) is 1. The maximum absolute atomic E-state index is 13.3. The van der Waals surface area contributed by atoms with Gasteiger partial charge >= 0.3 is 4.87 Å². The number of thiazole rings is 1. The smallest absolute Gasteiger partial charge is 0.308 e. The summed E-state index contributed by atoms with van der Waals surface area (Å²) in [6, 6.07) is 6.45. The Hall–Kier alpha value is -1.95. The van der Waals surface area contributed by atoms with Crippen molar-refractivity contribution >= 4 is 17.2 Å². The minimum absolute atomic E-state index is 0.00531. The van der Waals surface area contributed by atoms with Crippen molar-refractivity contribution in [2.24, 2.45) is 23.7 Å². The molecule has 1 aromatic heterocycles. The minimum atomic E-state index is -0.312. The molecule has 4 aliphatic rings. The lowest BCUT2D eigenvalue weighted by molar-refractivity contribution is -0.141. The highest BCUT2D eigenvalue weighted by molar-refractivity contribution is 7.09. The predicted molar refractivity (Wildman–Crippen MR) is 112 cm³/mol. The summed E-state index contributed by atoms with van der Waals surface area (Å²) < 4.78 is 14.9. The molecule has 1 heterocycles. The summed E-state index contributed by atoms with van der Waals surface area (Å²) in [5.74, 6) is 2.67. The summed E-state index contributed by atoms with van der Waals surface area (Å²) >= 11 is 1.15. The van der Waals surface area contributed by atoms with Crippen LogP contribution in [0.25, 0.3) is 11.3 Å². The fourth-order valence-electron chi connectivity index (χ4n) is 6.57. The van der Waals surface area contributed by atoms with Gasteiger partial charge < -0.3 is 4.90 Å². The lowest BCUT2D eigenvalue weighted by Crippen LogP contribution is -2.56.